The number of benzene rings is 1. The van der Waals surface area contributed by atoms with Crippen LogP contribution in [0.25, 0.3) is 0 Å². The highest BCUT2D eigenvalue weighted by atomic mass is 35.5. The third-order valence-corrected chi connectivity index (χ3v) is 4.99. The van der Waals surface area contributed by atoms with E-state index in [4.69, 9.17) is 29.6 Å². The molecule has 2 nitrogen and oxygen atoms in total. The molecule has 1 aromatic rings. The van der Waals surface area contributed by atoms with Crippen molar-refractivity contribution < 1.29 is 0 Å². The lowest BCUT2D eigenvalue weighted by molar-refractivity contribution is 0.728. The van der Waals surface area contributed by atoms with E-state index in [2.05, 4.69) is 11.8 Å². The molecule has 1 aliphatic heterocycles. The van der Waals surface area contributed by atoms with Gasteiger partial charge in [0.1, 0.15) is 4.99 Å². The Hall–Kier alpha value is -0.450. The molecule has 1 saturated heterocycles. The molecule has 18 heavy (non-hydrogen) atoms. The van der Waals surface area contributed by atoms with Crippen LogP contribution in [0, 0.1) is 0 Å². The highest BCUT2D eigenvalue weighted by Crippen LogP contribution is 2.30. The van der Waals surface area contributed by atoms with Gasteiger partial charge in [0.2, 0.25) is 0 Å². The summed E-state index contributed by atoms with van der Waals surface area (Å²) in [4.78, 5) is 2.79. The summed E-state index contributed by atoms with van der Waals surface area (Å²) < 4.78 is 0. The molecule has 1 unspecified atom stereocenters. The fourth-order valence-corrected chi connectivity index (χ4v) is 3.68. The number of anilines is 1. The molecule has 0 aromatic heterocycles. The number of nitrogens with zero attached hydrogens (tertiary/aromatic N) is 1. The Labute approximate surface area is 123 Å². The molecule has 0 aliphatic carbocycles. The maximum atomic E-state index is 6.10. The average molecular weight is 301 g/mol. The van der Waals surface area contributed by atoms with Gasteiger partial charge < -0.3 is 10.6 Å². The van der Waals surface area contributed by atoms with Gasteiger partial charge in [0.25, 0.3) is 0 Å². The standard InChI is InChI=1S/C13H17ClN2S2/c1-2-10-8-16(5-6-18-10)12-7-9(14)3-4-11(12)13(15)17/h3-4,7,10H,2,5-6,8H2,1H3,(H2,15,17). The number of halogens is 1. The number of thioether (sulfide) groups is 1. The van der Waals surface area contributed by atoms with E-state index >= 15 is 0 Å². The van der Waals surface area contributed by atoms with Crippen LogP contribution in [0.5, 0.6) is 0 Å². The lowest BCUT2D eigenvalue weighted by Gasteiger charge is -2.34. The van der Waals surface area contributed by atoms with Gasteiger partial charge in [-0.05, 0) is 24.6 Å². The Morgan fingerprint density at radius 3 is 3.06 bits per heavy atom. The van der Waals surface area contributed by atoms with Gasteiger partial charge in [-0.15, -0.1) is 0 Å². The van der Waals surface area contributed by atoms with Crippen molar-refractivity contribution in [2.75, 3.05) is 23.7 Å². The predicted molar refractivity (Wildman–Crippen MR) is 86.1 cm³/mol. The number of thiocarbonyl (C=S) groups is 1. The normalized spacial score (nSPS) is 19.9. The topological polar surface area (TPSA) is 29.3 Å². The third kappa shape index (κ3) is 3.11. The van der Waals surface area contributed by atoms with Crippen LogP contribution in [0.3, 0.4) is 0 Å². The van der Waals surface area contributed by atoms with Gasteiger partial charge in [0.15, 0.2) is 0 Å². The Morgan fingerprint density at radius 1 is 1.61 bits per heavy atom. The van der Waals surface area contributed by atoms with Crippen molar-refractivity contribution in [1.82, 2.24) is 0 Å². The van der Waals surface area contributed by atoms with Crippen LogP contribution in [-0.2, 0) is 0 Å². The SMILES string of the molecule is CCC1CN(c2cc(Cl)ccc2C(N)=S)CCS1. The molecule has 5 heteroatoms. The zero-order chi connectivity index (χ0) is 13.1. The second-order valence-corrected chi connectivity index (χ2v) is 6.66. The summed E-state index contributed by atoms with van der Waals surface area (Å²) in [6.07, 6.45) is 1.18. The van der Waals surface area contributed by atoms with Crippen molar-refractivity contribution in [3.63, 3.8) is 0 Å². The molecule has 1 fully saturated rings. The van der Waals surface area contributed by atoms with Crippen LogP contribution in [0.15, 0.2) is 18.2 Å². The molecular formula is C13H17ClN2S2. The van der Waals surface area contributed by atoms with Crippen molar-refractivity contribution in [2.24, 2.45) is 5.73 Å². The van der Waals surface area contributed by atoms with Crippen molar-refractivity contribution in [1.29, 1.82) is 0 Å². The van der Waals surface area contributed by atoms with Gasteiger partial charge in [0.05, 0.1) is 0 Å². The molecule has 0 saturated carbocycles. The minimum atomic E-state index is 0.438. The van der Waals surface area contributed by atoms with Crippen molar-refractivity contribution in [2.45, 2.75) is 18.6 Å². The maximum Gasteiger partial charge on any atom is 0.106 e. The van der Waals surface area contributed by atoms with E-state index in [-0.39, 0.29) is 0 Å². The third-order valence-electron chi connectivity index (χ3n) is 3.16. The summed E-state index contributed by atoms with van der Waals surface area (Å²) in [6.45, 7) is 4.29. The van der Waals surface area contributed by atoms with Crippen molar-refractivity contribution >= 4 is 46.3 Å². The largest absolute Gasteiger partial charge is 0.389 e. The van der Waals surface area contributed by atoms with E-state index in [0.717, 1.165) is 35.1 Å². The first-order valence-corrected chi connectivity index (χ1v) is 7.91. The van der Waals surface area contributed by atoms with Crippen LogP contribution >= 0.6 is 35.6 Å². The van der Waals surface area contributed by atoms with Crippen molar-refractivity contribution in [3.8, 4) is 0 Å². The van der Waals surface area contributed by atoms with Crippen LogP contribution in [0.1, 0.15) is 18.9 Å². The lowest BCUT2D eigenvalue weighted by atomic mass is 10.1. The summed E-state index contributed by atoms with van der Waals surface area (Å²) in [5.41, 5.74) is 7.80. The molecule has 0 spiro atoms. The predicted octanol–water partition coefficient (Wildman–Crippen LogP) is 3.31. The molecule has 2 N–H and O–H groups in total. The summed E-state index contributed by atoms with van der Waals surface area (Å²) in [5, 5.41) is 1.41. The number of hydrogen-bond acceptors (Lipinski definition) is 3. The minimum absolute atomic E-state index is 0.438. The van der Waals surface area contributed by atoms with E-state index in [0.29, 0.717) is 10.2 Å². The highest BCUT2D eigenvalue weighted by Gasteiger charge is 2.21. The zero-order valence-corrected chi connectivity index (χ0v) is 12.7. The molecule has 1 heterocycles. The van der Waals surface area contributed by atoms with Crippen LogP contribution in [-0.4, -0.2) is 29.1 Å². The minimum Gasteiger partial charge on any atom is -0.389 e. The molecule has 98 valence electrons. The quantitative estimate of drug-likeness (QED) is 0.867. The monoisotopic (exact) mass is 300 g/mol. The zero-order valence-electron chi connectivity index (χ0n) is 10.4. The average Bonchev–Trinajstić information content (AvgIpc) is 2.38. The van der Waals surface area contributed by atoms with Crippen LogP contribution in [0.2, 0.25) is 5.02 Å². The van der Waals surface area contributed by atoms with E-state index in [1.54, 1.807) is 0 Å². The smallest absolute Gasteiger partial charge is 0.106 e. The number of hydrogen-bond donors (Lipinski definition) is 1. The van der Waals surface area contributed by atoms with Gasteiger partial charge in [-0.1, -0.05) is 30.7 Å². The maximum absolute atomic E-state index is 6.10. The van der Waals surface area contributed by atoms with Crippen molar-refractivity contribution in [3.05, 3.63) is 28.8 Å². The Balaban J connectivity index is 2.31. The van der Waals surface area contributed by atoms with Gasteiger partial charge in [-0.3, -0.25) is 0 Å². The Morgan fingerprint density at radius 2 is 2.39 bits per heavy atom. The molecule has 1 aromatic carbocycles. The van der Waals surface area contributed by atoms with Gasteiger partial charge in [-0.2, -0.15) is 11.8 Å². The summed E-state index contributed by atoms with van der Waals surface area (Å²) in [5.74, 6) is 1.14. The molecule has 0 radical (unpaired) electrons. The summed E-state index contributed by atoms with van der Waals surface area (Å²) >= 11 is 13.3. The van der Waals surface area contributed by atoms with Gasteiger partial charge in [-0.25, -0.2) is 0 Å². The first-order valence-electron chi connectivity index (χ1n) is 6.07. The fourth-order valence-electron chi connectivity index (χ4n) is 2.16. The summed E-state index contributed by atoms with van der Waals surface area (Å²) in [7, 11) is 0. The van der Waals surface area contributed by atoms with E-state index in [1.165, 1.54) is 6.42 Å². The van der Waals surface area contributed by atoms with E-state index < -0.39 is 0 Å². The van der Waals surface area contributed by atoms with Gasteiger partial charge in [0, 0.05) is 40.4 Å². The fraction of sp³-hybridized carbons (Fsp3) is 0.462. The molecule has 0 bridgehead atoms. The number of rotatable bonds is 3. The van der Waals surface area contributed by atoms with E-state index in [9.17, 15) is 0 Å². The Bertz CT molecular complexity index is 451. The second-order valence-electron chi connectivity index (χ2n) is 4.37. The molecule has 1 atom stereocenters. The Kier molecular flexibility index (Phi) is 4.76. The van der Waals surface area contributed by atoms with Gasteiger partial charge >= 0.3 is 0 Å². The molecular weight excluding hydrogens is 284 g/mol. The van der Waals surface area contributed by atoms with Crippen LogP contribution in [0.4, 0.5) is 5.69 Å². The first-order chi connectivity index (χ1) is 8.61. The molecule has 2 rings (SSSR count). The highest BCUT2D eigenvalue weighted by molar-refractivity contribution is 8.00. The molecule has 0 amide bonds. The summed E-state index contributed by atoms with van der Waals surface area (Å²) in [6, 6.07) is 5.73. The molecule has 1 aliphatic rings. The first kappa shape index (κ1) is 14.0. The second kappa shape index (κ2) is 6.13. The lowest BCUT2D eigenvalue weighted by Crippen LogP contribution is -2.38. The van der Waals surface area contributed by atoms with E-state index in [1.807, 2.05) is 30.0 Å². The number of nitrogens with two attached hydrogens (primary N) is 1. The van der Waals surface area contributed by atoms with Crippen LogP contribution < -0.4 is 10.6 Å².